The molecule has 0 saturated carbocycles. The fourth-order valence-electron chi connectivity index (χ4n) is 2.01. The molecule has 1 saturated heterocycles. The van der Waals surface area contributed by atoms with E-state index in [4.69, 9.17) is 0 Å². The Morgan fingerprint density at radius 2 is 2.53 bits per heavy atom. The van der Waals surface area contributed by atoms with Crippen molar-refractivity contribution in [3.05, 3.63) is 22.4 Å². The number of rotatable bonds is 4. The minimum Gasteiger partial charge on any atom is -0.392 e. The molecule has 1 aliphatic rings. The Labute approximate surface area is 105 Å². The van der Waals surface area contributed by atoms with Gasteiger partial charge in [0.2, 0.25) is 5.91 Å². The highest BCUT2D eigenvalue weighted by molar-refractivity contribution is 7.09. The number of carbonyl (C=O) groups excluding carboxylic acids is 1. The summed E-state index contributed by atoms with van der Waals surface area (Å²) in [6, 6.07) is 3.90. The normalized spacial score (nSPS) is 23.9. The first-order chi connectivity index (χ1) is 8.16. The van der Waals surface area contributed by atoms with Crippen LogP contribution in [0.2, 0.25) is 0 Å². The van der Waals surface area contributed by atoms with Crippen molar-refractivity contribution in [2.24, 2.45) is 0 Å². The Kier molecular flexibility index (Phi) is 4.15. The molecular formula is C12H18N2O2S. The second-order valence-corrected chi connectivity index (χ2v) is 5.47. The minimum atomic E-state index is -0.380. The molecule has 0 aliphatic carbocycles. The van der Waals surface area contributed by atoms with Gasteiger partial charge >= 0.3 is 0 Å². The van der Waals surface area contributed by atoms with Crippen molar-refractivity contribution in [2.45, 2.75) is 25.0 Å². The second-order valence-electron chi connectivity index (χ2n) is 4.44. The van der Waals surface area contributed by atoms with Gasteiger partial charge in [0.1, 0.15) is 0 Å². The van der Waals surface area contributed by atoms with Gasteiger partial charge in [0.05, 0.1) is 12.1 Å². The van der Waals surface area contributed by atoms with Crippen molar-refractivity contribution in [3.8, 4) is 0 Å². The SMILES string of the molecule is CN(CCc1cccs1)C(=O)C1CC(O)CN1. The molecule has 2 heterocycles. The third-order valence-corrected chi connectivity index (χ3v) is 3.99. The van der Waals surface area contributed by atoms with Crippen LogP contribution in [0.3, 0.4) is 0 Å². The zero-order valence-corrected chi connectivity index (χ0v) is 10.7. The maximum Gasteiger partial charge on any atom is 0.239 e. The lowest BCUT2D eigenvalue weighted by molar-refractivity contribution is -0.131. The molecule has 0 radical (unpaired) electrons. The fourth-order valence-corrected chi connectivity index (χ4v) is 2.71. The van der Waals surface area contributed by atoms with E-state index >= 15 is 0 Å². The highest BCUT2D eigenvalue weighted by Crippen LogP contribution is 2.12. The van der Waals surface area contributed by atoms with Crippen LogP contribution in [0, 0.1) is 0 Å². The van der Waals surface area contributed by atoms with E-state index in [2.05, 4.69) is 11.4 Å². The molecule has 2 N–H and O–H groups in total. The topological polar surface area (TPSA) is 52.6 Å². The van der Waals surface area contributed by atoms with Crippen LogP contribution in [0.5, 0.6) is 0 Å². The lowest BCUT2D eigenvalue weighted by Gasteiger charge is -2.20. The number of aliphatic hydroxyl groups excluding tert-OH is 1. The van der Waals surface area contributed by atoms with Gasteiger partial charge in [-0.1, -0.05) is 6.07 Å². The molecule has 4 nitrogen and oxygen atoms in total. The van der Waals surface area contributed by atoms with Crippen LogP contribution >= 0.6 is 11.3 Å². The molecule has 1 aromatic heterocycles. The number of carbonyl (C=O) groups is 1. The molecule has 94 valence electrons. The quantitative estimate of drug-likeness (QED) is 0.821. The summed E-state index contributed by atoms with van der Waals surface area (Å²) in [5, 5.41) is 14.5. The summed E-state index contributed by atoms with van der Waals surface area (Å²) in [7, 11) is 1.82. The number of nitrogens with zero attached hydrogens (tertiary/aromatic N) is 1. The van der Waals surface area contributed by atoms with Gasteiger partial charge in [-0.15, -0.1) is 11.3 Å². The third-order valence-electron chi connectivity index (χ3n) is 3.06. The Morgan fingerprint density at radius 1 is 1.71 bits per heavy atom. The highest BCUT2D eigenvalue weighted by Gasteiger charge is 2.29. The standard InChI is InChI=1S/C12H18N2O2S/c1-14(5-4-10-3-2-6-17-10)12(16)11-7-9(15)8-13-11/h2-3,6,9,11,13,15H,4-5,7-8H2,1H3. The summed E-state index contributed by atoms with van der Waals surface area (Å²) in [6.07, 6.45) is 1.05. The van der Waals surface area contributed by atoms with E-state index in [-0.39, 0.29) is 18.1 Å². The molecule has 1 aromatic rings. The number of β-amino-alcohol motifs (C(OH)–C–C–N with tert-alkyl or cyclic N) is 1. The number of nitrogens with one attached hydrogen (secondary N) is 1. The predicted octanol–water partition coefficient (Wildman–Crippen LogP) is 0.472. The van der Waals surface area contributed by atoms with Crippen molar-refractivity contribution >= 4 is 17.2 Å². The van der Waals surface area contributed by atoms with Gasteiger partial charge in [-0.25, -0.2) is 0 Å². The van der Waals surface area contributed by atoms with Crippen molar-refractivity contribution in [3.63, 3.8) is 0 Å². The molecule has 0 spiro atoms. The first-order valence-electron chi connectivity index (χ1n) is 5.85. The van der Waals surface area contributed by atoms with Gasteiger partial charge in [0.25, 0.3) is 0 Å². The Bertz CT molecular complexity index is 367. The van der Waals surface area contributed by atoms with Crippen LogP contribution < -0.4 is 5.32 Å². The molecule has 2 rings (SSSR count). The van der Waals surface area contributed by atoms with Crippen LogP contribution in [-0.4, -0.2) is 48.2 Å². The van der Waals surface area contributed by atoms with E-state index in [9.17, 15) is 9.90 Å². The number of hydrogen-bond acceptors (Lipinski definition) is 4. The summed E-state index contributed by atoms with van der Waals surface area (Å²) >= 11 is 1.72. The number of thiophene rings is 1. The van der Waals surface area contributed by atoms with E-state index in [1.54, 1.807) is 16.2 Å². The van der Waals surface area contributed by atoms with Crippen molar-refractivity contribution in [1.29, 1.82) is 0 Å². The van der Waals surface area contributed by atoms with Gasteiger partial charge < -0.3 is 15.3 Å². The number of hydrogen-bond donors (Lipinski definition) is 2. The lowest BCUT2D eigenvalue weighted by Crippen LogP contribution is -2.42. The van der Waals surface area contributed by atoms with Crippen LogP contribution in [-0.2, 0) is 11.2 Å². The molecule has 2 unspecified atom stereocenters. The molecule has 2 atom stereocenters. The van der Waals surface area contributed by atoms with E-state index < -0.39 is 0 Å². The Morgan fingerprint density at radius 3 is 3.12 bits per heavy atom. The van der Waals surface area contributed by atoms with Crippen LogP contribution in [0.1, 0.15) is 11.3 Å². The molecule has 0 bridgehead atoms. The molecule has 1 amide bonds. The van der Waals surface area contributed by atoms with E-state index in [1.807, 2.05) is 18.5 Å². The first-order valence-corrected chi connectivity index (χ1v) is 6.73. The van der Waals surface area contributed by atoms with Gasteiger partial charge in [0, 0.05) is 25.0 Å². The summed E-state index contributed by atoms with van der Waals surface area (Å²) in [5.74, 6) is 0.0816. The molecule has 0 aromatic carbocycles. The fraction of sp³-hybridized carbons (Fsp3) is 0.583. The van der Waals surface area contributed by atoms with Gasteiger partial charge in [0.15, 0.2) is 0 Å². The smallest absolute Gasteiger partial charge is 0.239 e. The monoisotopic (exact) mass is 254 g/mol. The highest BCUT2D eigenvalue weighted by atomic mass is 32.1. The number of likely N-dealkylation sites (N-methyl/N-ethyl adjacent to an activating group) is 1. The second kappa shape index (κ2) is 5.62. The maximum atomic E-state index is 12.0. The lowest BCUT2D eigenvalue weighted by atomic mass is 10.2. The zero-order chi connectivity index (χ0) is 12.3. The Balaban J connectivity index is 1.79. The van der Waals surface area contributed by atoms with Crippen LogP contribution in [0.4, 0.5) is 0 Å². The van der Waals surface area contributed by atoms with E-state index in [0.29, 0.717) is 13.0 Å². The largest absolute Gasteiger partial charge is 0.392 e. The predicted molar refractivity (Wildman–Crippen MR) is 68.1 cm³/mol. The maximum absolute atomic E-state index is 12.0. The zero-order valence-electron chi connectivity index (χ0n) is 9.93. The molecule has 17 heavy (non-hydrogen) atoms. The van der Waals surface area contributed by atoms with Crippen LogP contribution in [0.25, 0.3) is 0 Å². The van der Waals surface area contributed by atoms with Crippen molar-refractivity contribution in [1.82, 2.24) is 10.2 Å². The minimum absolute atomic E-state index is 0.0816. The van der Waals surface area contributed by atoms with Crippen molar-refractivity contribution in [2.75, 3.05) is 20.1 Å². The molecule has 1 aliphatic heterocycles. The molecule has 1 fully saturated rings. The van der Waals surface area contributed by atoms with Crippen LogP contribution in [0.15, 0.2) is 17.5 Å². The first kappa shape index (κ1) is 12.5. The number of amides is 1. The van der Waals surface area contributed by atoms with Gasteiger partial charge in [-0.3, -0.25) is 4.79 Å². The van der Waals surface area contributed by atoms with Gasteiger partial charge in [-0.2, -0.15) is 0 Å². The Hall–Kier alpha value is -0.910. The molecule has 5 heteroatoms. The van der Waals surface area contributed by atoms with Crippen molar-refractivity contribution < 1.29 is 9.90 Å². The average molecular weight is 254 g/mol. The summed E-state index contributed by atoms with van der Waals surface area (Å²) in [4.78, 5) is 15.0. The summed E-state index contributed by atoms with van der Waals surface area (Å²) in [6.45, 7) is 1.25. The average Bonchev–Trinajstić information content (AvgIpc) is 2.95. The van der Waals surface area contributed by atoms with Gasteiger partial charge in [-0.05, 0) is 24.3 Å². The van der Waals surface area contributed by atoms with E-state index in [0.717, 1.165) is 13.0 Å². The van der Waals surface area contributed by atoms with E-state index in [1.165, 1.54) is 4.88 Å². The summed E-state index contributed by atoms with van der Waals surface area (Å²) < 4.78 is 0. The summed E-state index contributed by atoms with van der Waals surface area (Å²) in [5.41, 5.74) is 0. The number of aliphatic hydroxyl groups is 1. The molecular weight excluding hydrogens is 236 g/mol. The third kappa shape index (κ3) is 3.28.